The van der Waals surface area contributed by atoms with E-state index in [4.69, 9.17) is 10.1 Å². The molecule has 176 valence electrons. The summed E-state index contributed by atoms with van der Waals surface area (Å²) in [6.45, 7) is 0. The van der Waals surface area contributed by atoms with E-state index >= 15 is 0 Å². The van der Waals surface area contributed by atoms with Gasteiger partial charge in [0.25, 0.3) is 0 Å². The van der Waals surface area contributed by atoms with Crippen LogP contribution in [-0.2, 0) is 9.59 Å². The fraction of sp³-hybridized carbons (Fsp3) is 0. The van der Waals surface area contributed by atoms with E-state index in [0.717, 1.165) is 24.4 Å². The van der Waals surface area contributed by atoms with E-state index in [9.17, 15) is 18.4 Å². The molecule has 3 aromatic rings. The molecule has 0 atom stereocenters. The Morgan fingerprint density at radius 1 is 1.03 bits per heavy atom. The van der Waals surface area contributed by atoms with Crippen molar-refractivity contribution < 1.29 is 23.1 Å². The monoisotopic (exact) mass is 476 g/mol. The maximum Gasteiger partial charge on any atom is 0.314 e. The lowest BCUT2D eigenvalue weighted by molar-refractivity contribution is -0.133. The van der Waals surface area contributed by atoms with Gasteiger partial charge in [-0.1, -0.05) is 0 Å². The van der Waals surface area contributed by atoms with Crippen molar-refractivity contribution in [3.05, 3.63) is 102 Å². The molecule has 4 rings (SSSR count). The first-order valence-electron chi connectivity index (χ1n) is 10.2. The second-order valence-electron chi connectivity index (χ2n) is 7.12. The summed E-state index contributed by atoms with van der Waals surface area (Å²) in [5.74, 6) is -3.23. The minimum atomic E-state index is -1.04. The molecule has 0 unspecified atom stereocenters. The number of imidazole rings is 1. The number of hydrogen-bond donors (Lipinski definition) is 5. The fourth-order valence-electron chi connectivity index (χ4n) is 3.04. The highest BCUT2D eigenvalue weighted by molar-refractivity contribution is 6.43. The first-order chi connectivity index (χ1) is 16.9. The molecule has 0 radical (unpaired) electrons. The number of nitrogens with zero attached hydrogens (tertiary/aromatic N) is 1. The molecule has 1 aliphatic rings. The van der Waals surface area contributed by atoms with E-state index in [-0.39, 0.29) is 22.9 Å². The first-order valence-corrected chi connectivity index (χ1v) is 10.2. The number of aromatic amines is 1. The molecule has 0 bridgehead atoms. The number of anilines is 2. The van der Waals surface area contributed by atoms with Gasteiger partial charge in [0.15, 0.2) is 17.3 Å². The summed E-state index contributed by atoms with van der Waals surface area (Å²) in [5.41, 5.74) is 1.98. The fourth-order valence-corrected chi connectivity index (χ4v) is 3.04. The van der Waals surface area contributed by atoms with Crippen molar-refractivity contribution in [3.8, 4) is 5.75 Å². The highest BCUT2D eigenvalue weighted by Crippen LogP contribution is 2.28. The molecule has 0 spiro atoms. The third-order valence-electron chi connectivity index (χ3n) is 4.70. The molecule has 0 fully saturated rings. The SMILES string of the molecule is N=C/C=C1\NC=C(c2c[nH]cn2)C=C1Oc1ccc(NC(=O)C(=O)Nc2ccc(F)cc2)cc1F. The molecule has 9 nitrogen and oxygen atoms in total. The summed E-state index contributed by atoms with van der Waals surface area (Å²) in [7, 11) is 0. The van der Waals surface area contributed by atoms with Gasteiger partial charge >= 0.3 is 11.8 Å². The van der Waals surface area contributed by atoms with Crippen LogP contribution in [0.15, 0.2) is 84.8 Å². The zero-order chi connectivity index (χ0) is 24.8. The Morgan fingerprint density at radius 3 is 2.40 bits per heavy atom. The van der Waals surface area contributed by atoms with Crippen LogP contribution < -0.4 is 20.7 Å². The van der Waals surface area contributed by atoms with E-state index in [0.29, 0.717) is 17.0 Å². The van der Waals surface area contributed by atoms with E-state index in [2.05, 4.69) is 25.9 Å². The van der Waals surface area contributed by atoms with Crippen molar-refractivity contribution >= 4 is 35.0 Å². The van der Waals surface area contributed by atoms with Crippen molar-refractivity contribution in [2.75, 3.05) is 10.6 Å². The molecule has 0 saturated heterocycles. The summed E-state index contributed by atoms with van der Waals surface area (Å²) in [4.78, 5) is 31.2. The Labute approximate surface area is 197 Å². The summed E-state index contributed by atoms with van der Waals surface area (Å²) in [6.07, 6.45) is 8.99. The number of H-pyrrole nitrogens is 1. The summed E-state index contributed by atoms with van der Waals surface area (Å²) < 4.78 is 33.5. The third kappa shape index (κ3) is 5.66. The van der Waals surface area contributed by atoms with E-state index in [1.54, 1.807) is 18.5 Å². The van der Waals surface area contributed by atoms with Crippen molar-refractivity contribution in [3.63, 3.8) is 0 Å². The molecular weight excluding hydrogens is 458 g/mol. The van der Waals surface area contributed by atoms with Gasteiger partial charge in [0, 0.05) is 41.6 Å². The standard InChI is InChI=1S/C24H18F2N6O3/c25-15-1-3-16(4-2-15)31-23(33)24(34)32-17-5-6-21(18(26)10-17)35-22-9-14(20-12-28-13-30-20)11-29-19(22)7-8-27/h1-13,27,29H,(H,28,30)(H,31,33)(H,32,34)/b19-7-,27-8?. The van der Waals surface area contributed by atoms with Gasteiger partial charge in [0.05, 0.1) is 17.7 Å². The van der Waals surface area contributed by atoms with Gasteiger partial charge in [-0.25, -0.2) is 13.8 Å². The zero-order valence-corrected chi connectivity index (χ0v) is 17.9. The van der Waals surface area contributed by atoms with E-state index in [1.165, 1.54) is 36.7 Å². The van der Waals surface area contributed by atoms with Crippen LogP contribution in [0.1, 0.15) is 5.69 Å². The van der Waals surface area contributed by atoms with Gasteiger partial charge < -0.3 is 31.1 Å². The summed E-state index contributed by atoms with van der Waals surface area (Å²) in [5, 5.41) is 14.9. The second kappa shape index (κ2) is 10.3. The third-order valence-corrected chi connectivity index (χ3v) is 4.70. The molecule has 0 saturated carbocycles. The Balaban J connectivity index is 1.46. The molecule has 1 aliphatic heterocycles. The smallest absolute Gasteiger partial charge is 0.314 e. The van der Waals surface area contributed by atoms with Gasteiger partial charge in [0.1, 0.15) is 5.82 Å². The van der Waals surface area contributed by atoms with Crippen LogP contribution >= 0.6 is 0 Å². The molecule has 0 aliphatic carbocycles. The molecule has 35 heavy (non-hydrogen) atoms. The minimum Gasteiger partial charge on any atom is -0.452 e. The maximum atomic E-state index is 14.8. The normalized spacial score (nSPS) is 13.8. The van der Waals surface area contributed by atoms with Crippen LogP contribution in [-0.4, -0.2) is 28.0 Å². The summed E-state index contributed by atoms with van der Waals surface area (Å²) >= 11 is 0. The lowest BCUT2D eigenvalue weighted by Gasteiger charge is -2.19. The molecular formula is C24H18F2N6O3. The number of ether oxygens (including phenoxy) is 1. The van der Waals surface area contributed by atoms with Crippen LogP contribution in [0.2, 0.25) is 0 Å². The number of halogens is 2. The number of hydrogen-bond acceptors (Lipinski definition) is 6. The number of nitrogens with one attached hydrogen (secondary N) is 5. The molecule has 5 N–H and O–H groups in total. The number of allylic oxidation sites excluding steroid dienone is 3. The van der Waals surface area contributed by atoms with Gasteiger partial charge in [0.2, 0.25) is 0 Å². The number of amides is 2. The van der Waals surface area contributed by atoms with Crippen molar-refractivity contribution in [2.45, 2.75) is 0 Å². The van der Waals surface area contributed by atoms with Gasteiger partial charge in [-0.15, -0.1) is 0 Å². The predicted octanol–water partition coefficient (Wildman–Crippen LogP) is 3.71. The number of dihydropyridines is 1. The lowest BCUT2D eigenvalue weighted by Crippen LogP contribution is -2.29. The second-order valence-corrected chi connectivity index (χ2v) is 7.12. The van der Waals surface area contributed by atoms with Crippen molar-refractivity contribution in [2.24, 2.45) is 0 Å². The Bertz CT molecular complexity index is 1360. The summed E-state index contributed by atoms with van der Waals surface area (Å²) in [6, 6.07) is 8.52. The molecule has 1 aromatic heterocycles. The molecule has 11 heteroatoms. The van der Waals surface area contributed by atoms with Gasteiger partial charge in [-0.2, -0.15) is 0 Å². The minimum absolute atomic E-state index is 0.0252. The number of carbonyl (C=O) groups excluding carboxylic acids is 2. The average molecular weight is 476 g/mol. The number of aromatic nitrogens is 2. The highest BCUT2D eigenvalue weighted by atomic mass is 19.1. The average Bonchev–Trinajstić information content (AvgIpc) is 3.38. The molecule has 2 amide bonds. The number of carbonyl (C=O) groups is 2. The van der Waals surface area contributed by atoms with E-state index in [1.807, 2.05) is 0 Å². The quantitative estimate of drug-likeness (QED) is 0.273. The number of rotatable bonds is 6. The largest absolute Gasteiger partial charge is 0.452 e. The van der Waals surface area contributed by atoms with Gasteiger partial charge in [-0.05, 0) is 48.6 Å². The van der Waals surface area contributed by atoms with Crippen molar-refractivity contribution in [1.82, 2.24) is 15.3 Å². The molecule has 2 aromatic carbocycles. The zero-order valence-electron chi connectivity index (χ0n) is 17.9. The first kappa shape index (κ1) is 23.1. The number of benzene rings is 2. The van der Waals surface area contributed by atoms with Crippen LogP contribution in [0.5, 0.6) is 5.75 Å². The predicted molar refractivity (Wildman–Crippen MR) is 125 cm³/mol. The van der Waals surface area contributed by atoms with Crippen LogP contribution in [0.25, 0.3) is 5.57 Å². The maximum absolute atomic E-state index is 14.8. The Hall–Kier alpha value is -5.06. The highest BCUT2D eigenvalue weighted by Gasteiger charge is 2.18. The van der Waals surface area contributed by atoms with Crippen LogP contribution in [0.3, 0.4) is 0 Å². The van der Waals surface area contributed by atoms with Crippen molar-refractivity contribution in [1.29, 1.82) is 5.41 Å². The van der Waals surface area contributed by atoms with Crippen LogP contribution in [0, 0.1) is 17.0 Å². The lowest BCUT2D eigenvalue weighted by atomic mass is 10.1. The van der Waals surface area contributed by atoms with E-state index < -0.39 is 23.4 Å². The van der Waals surface area contributed by atoms with Gasteiger partial charge in [-0.3, -0.25) is 9.59 Å². The molecule has 2 heterocycles. The Morgan fingerprint density at radius 2 is 1.74 bits per heavy atom. The Kier molecular flexibility index (Phi) is 6.77. The van der Waals surface area contributed by atoms with Crippen LogP contribution in [0.4, 0.5) is 20.2 Å². The topological polar surface area (TPSA) is 132 Å².